The summed E-state index contributed by atoms with van der Waals surface area (Å²) in [5.74, 6) is 0.769. The maximum absolute atomic E-state index is 12.8. The first kappa shape index (κ1) is 56.4. The van der Waals surface area contributed by atoms with Gasteiger partial charge in [-0.25, -0.2) is 0 Å². The van der Waals surface area contributed by atoms with Crippen LogP contribution in [0.4, 0.5) is 0 Å². The number of carbonyl (C=O) groups is 3. The molecule has 0 heterocycles. The molecule has 0 saturated carbocycles. The standard InChI is InChI=1S/C52H100O6/c1-6-7-8-9-10-11-12-13-16-19-22-27-32-37-42-50(53)56-45-49(46-57-51(54)43-38-33-29-24-26-31-36-41-48(4)5)58-52(55)44-39-34-28-23-20-17-14-15-18-21-25-30-35-40-47(2)3/h47-49H,6-46H2,1-5H3/t49-/m0/s1. The van der Waals surface area contributed by atoms with Crippen LogP contribution in [-0.4, -0.2) is 37.2 Å². The van der Waals surface area contributed by atoms with Crippen molar-refractivity contribution in [2.45, 2.75) is 291 Å². The SMILES string of the molecule is CCCCCCCCCCCCCCCCC(=O)OC[C@@H](COC(=O)CCCCCCCCCC(C)C)OC(=O)CCCCCCCCCCCCCCCC(C)C. The lowest BCUT2D eigenvalue weighted by Gasteiger charge is -2.18. The zero-order valence-corrected chi connectivity index (χ0v) is 39.7. The molecule has 0 fully saturated rings. The van der Waals surface area contributed by atoms with Crippen LogP contribution in [0.1, 0.15) is 285 Å². The number of unbranched alkanes of at least 4 members (excludes halogenated alkanes) is 31. The van der Waals surface area contributed by atoms with Gasteiger partial charge in [-0.15, -0.1) is 0 Å². The van der Waals surface area contributed by atoms with Crippen molar-refractivity contribution in [1.29, 1.82) is 0 Å². The summed E-state index contributed by atoms with van der Waals surface area (Å²) in [5.41, 5.74) is 0. The lowest BCUT2D eigenvalue weighted by atomic mass is 10.0. The Morgan fingerprint density at radius 2 is 0.569 bits per heavy atom. The van der Waals surface area contributed by atoms with Crippen molar-refractivity contribution in [3.05, 3.63) is 0 Å². The van der Waals surface area contributed by atoms with Crippen molar-refractivity contribution < 1.29 is 28.6 Å². The first-order chi connectivity index (χ1) is 28.2. The minimum absolute atomic E-state index is 0.0641. The maximum Gasteiger partial charge on any atom is 0.306 e. The predicted molar refractivity (Wildman–Crippen MR) is 247 cm³/mol. The molecule has 58 heavy (non-hydrogen) atoms. The van der Waals surface area contributed by atoms with Crippen LogP contribution < -0.4 is 0 Å². The van der Waals surface area contributed by atoms with Crippen LogP contribution in [0.15, 0.2) is 0 Å². The van der Waals surface area contributed by atoms with E-state index in [9.17, 15) is 14.4 Å². The van der Waals surface area contributed by atoms with Crippen LogP contribution in [-0.2, 0) is 28.6 Å². The molecule has 0 bridgehead atoms. The molecule has 0 unspecified atom stereocenters. The van der Waals surface area contributed by atoms with Gasteiger partial charge in [-0.3, -0.25) is 14.4 Å². The highest BCUT2D eigenvalue weighted by Crippen LogP contribution is 2.17. The minimum Gasteiger partial charge on any atom is -0.462 e. The van der Waals surface area contributed by atoms with Crippen molar-refractivity contribution in [3.63, 3.8) is 0 Å². The molecule has 344 valence electrons. The van der Waals surface area contributed by atoms with Gasteiger partial charge in [-0.05, 0) is 31.1 Å². The van der Waals surface area contributed by atoms with Gasteiger partial charge < -0.3 is 14.2 Å². The van der Waals surface area contributed by atoms with Gasteiger partial charge in [0.1, 0.15) is 13.2 Å². The number of esters is 3. The van der Waals surface area contributed by atoms with E-state index >= 15 is 0 Å². The molecular formula is C52H100O6. The molecule has 0 aliphatic heterocycles. The van der Waals surface area contributed by atoms with Crippen LogP contribution in [0.5, 0.6) is 0 Å². The molecule has 0 aromatic heterocycles. The quantitative estimate of drug-likeness (QED) is 0.0346. The number of ether oxygens (including phenoxy) is 3. The number of rotatable bonds is 46. The molecule has 6 nitrogen and oxygen atoms in total. The Morgan fingerprint density at radius 1 is 0.328 bits per heavy atom. The summed E-state index contributed by atoms with van der Waals surface area (Å²) in [6.45, 7) is 11.3. The van der Waals surface area contributed by atoms with Crippen molar-refractivity contribution in [2.75, 3.05) is 13.2 Å². The second-order valence-electron chi connectivity index (χ2n) is 18.8. The molecule has 1 atom stereocenters. The molecule has 6 heteroatoms. The summed E-state index contributed by atoms with van der Waals surface area (Å²) in [5, 5.41) is 0. The molecule has 0 aliphatic rings. The van der Waals surface area contributed by atoms with Gasteiger partial charge in [-0.2, -0.15) is 0 Å². The van der Waals surface area contributed by atoms with Crippen molar-refractivity contribution in [2.24, 2.45) is 11.8 Å². The molecule has 0 aromatic rings. The highest BCUT2D eigenvalue weighted by molar-refractivity contribution is 5.71. The van der Waals surface area contributed by atoms with Gasteiger partial charge in [0.15, 0.2) is 6.10 Å². The lowest BCUT2D eigenvalue weighted by molar-refractivity contribution is -0.167. The van der Waals surface area contributed by atoms with Gasteiger partial charge in [-0.1, -0.05) is 247 Å². The first-order valence-electron chi connectivity index (χ1n) is 25.7. The smallest absolute Gasteiger partial charge is 0.306 e. The second-order valence-corrected chi connectivity index (χ2v) is 18.8. The van der Waals surface area contributed by atoms with Crippen LogP contribution in [0.3, 0.4) is 0 Å². The van der Waals surface area contributed by atoms with Crippen molar-refractivity contribution in [1.82, 2.24) is 0 Å². The highest BCUT2D eigenvalue weighted by atomic mass is 16.6. The van der Waals surface area contributed by atoms with E-state index in [2.05, 4.69) is 34.6 Å². The third-order valence-electron chi connectivity index (χ3n) is 11.7. The fourth-order valence-electron chi connectivity index (χ4n) is 7.81. The van der Waals surface area contributed by atoms with E-state index in [4.69, 9.17) is 14.2 Å². The van der Waals surface area contributed by atoms with Gasteiger partial charge >= 0.3 is 17.9 Å². The zero-order chi connectivity index (χ0) is 42.6. The summed E-state index contributed by atoms with van der Waals surface area (Å²) in [6.07, 6.45) is 45.2. The van der Waals surface area contributed by atoms with Gasteiger partial charge in [0, 0.05) is 19.3 Å². The Labute approximate surface area is 361 Å². The number of hydrogen-bond acceptors (Lipinski definition) is 6. The summed E-state index contributed by atoms with van der Waals surface area (Å²) in [4.78, 5) is 37.9. The Kier molecular flexibility index (Phi) is 43.7. The molecule has 0 aromatic carbocycles. The molecule has 0 saturated heterocycles. The van der Waals surface area contributed by atoms with Crippen LogP contribution in [0.2, 0.25) is 0 Å². The lowest BCUT2D eigenvalue weighted by Crippen LogP contribution is -2.30. The Balaban J connectivity index is 4.29. The average Bonchev–Trinajstić information content (AvgIpc) is 3.19. The van der Waals surface area contributed by atoms with E-state index in [0.717, 1.165) is 69.6 Å². The Morgan fingerprint density at radius 3 is 0.845 bits per heavy atom. The van der Waals surface area contributed by atoms with Crippen molar-refractivity contribution in [3.8, 4) is 0 Å². The maximum atomic E-state index is 12.8. The van der Waals surface area contributed by atoms with E-state index in [0.29, 0.717) is 19.3 Å². The van der Waals surface area contributed by atoms with E-state index in [-0.39, 0.29) is 31.1 Å². The van der Waals surface area contributed by atoms with Crippen LogP contribution >= 0.6 is 0 Å². The first-order valence-corrected chi connectivity index (χ1v) is 25.7. The molecule has 0 aliphatic carbocycles. The summed E-state index contributed by atoms with van der Waals surface area (Å²) in [7, 11) is 0. The largest absolute Gasteiger partial charge is 0.462 e. The molecule has 0 spiro atoms. The van der Waals surface area contributed by atoms with E-state index in [1.807, 2.05) is 0 Å². The predicted octanol–water partition coefficient (Wildman–Crippen LogP) is 16.5. The fourth-order valence-corrected chi connectivity index (χ4v) is 7.81. The van der Waals surface area contributed by atoms with E-state index in [1.54, 1.807) is 0 Å². The topological polar surface area (TPSA) is 78.9 Å². The fraction of sp³-hybridized carbons (Fsp3) is 0.942. The molecular weight excluding hydrogens is 721 g/mol. The van der Waals surface area contributed by atoms with Crippen LogP contribution in [0.25, 0.3) is 0 Å². The zero-order valence-electron chi connectivity index (χ0n) is 39.7. The highest BCUT2D eigenvalue weighted by Gasteiger charge is 2.19. The molecule has 0 rings (SSSR count). The second kappa shape index (κ2) is 44.9. The van der Waals surface area contributed by atoms with Crippen molar-refractivity contribution >= 4 is 17.9 Å². The molecule has 0 radical (unpaired) electrons. The van der Waals surface area contributed by atoms with Crippen LogP contribution in [0, 0.1) is 11.8 Å². The third kappa shape index (κ3) is 45.5. The van der Waals surface area contributed by atoms with Gasteiger partial charge in [0.2, 0.25) is 0 Å². The number of carbonyl (C=O) groups excluding carboxylic acids is 3. The number of hydrogen-bond donors (Lipinski definition) is 0. The Bertz CT molecular complexity index is 885. The summed E-state index contributed by atoms with van der Waals surface area (Å²) in [6, 6.07) is 0. The Hall–Kier alpha value is -1.59. The molecule has 0 amide bonds. The molecule has 0 N–H and O–H groups in total. The summed E-state index contributed by atoms with van der Waals surface area (Å²) < 4.78 is 16.8. The van der Waals surface area contributed by atoms with Gasteiger partial charge in [0.25, 0.3) is 0 Å². The minimum atomic E-state index is -0.761. The third-order valence-corrected chi connectivity index (χ3v) is 11.7. The summed E-state index contributed by atoms with van der Waals surface area (Å²) >= 11 is 0. The van der Waals surface area contributed by atoms with Gasteiger partial charge in [0.05, 0.1) is 0 Å². The normalized spacial score (nSPS) is 12.1. The van der Waals surface area contributed by atoms with E-state index < -0.39 is 6.10 Å². The van der Waals surface area contributed by atoms with E-state index in [1.165, 1.54) is 173 Å². The monoisotopic (exact) mass is 821 g/mol. The average molecular weight is 821 g/mol.